The van der Waals surface area contributed by atoms with Gasteiger partial charge >= 0.3 is 0 Å². The number of hydrogen-bond donors (Lipinski definition) is 1. The van der Waals surface area contributed by atoms with Crippen LogP contribution in [-0.2, 0) is 10.0 Å². The van der Waals surface area contributed by atoms with Gasteiger partial charge in [0.1, 0.15) is 10.6 Å². The summed E-state index contributed by atoms with van der Waals surface area (Å²) in [5.74, 6) is 0.783. The highest BCUT2D eigenvalue weighted by Gasteiger charge is 2.34. The van der Waals surface area contributed by atoms with Crippen LogP contribution in [0.4, 0.5) is 0 Å². The third kappa shape index (κ3) is 3.77. The van der Waals surface area contributed by atoms with Crippen LogP contribution in [0.15, 0.2) is 27.6 Å². The monoisotopic (exact) mass is 376 g/mol. The zero-order valence-corrected chi connectivity index (χ0v) is 14.7. The van der Waals surface area contributed by atoms with Gasteiger partial charge in [-0.15, -0.1) is 0 Å². The molecule has 1 saturated heterocycles. The van der Waals surface area contributed by atoms with E-state index in [1.165, 1.54) is 0 Å². The summed E-state index contributed by atoms with van der Waals surface area (Å²) >= 11 is 3.34. The zero-order chi connectivity index (χ0) is 15.5. The Labute approximate surface area is 134 Å². The number of halogens is 1. The fraction of sp³-hybridized carbons (Fsp3) is 0.571. The van der Waals surface area contributed by atoms with Crippen molar-refractivity contribution in [2.45, 2.75) is 18.2 Å². The van der Waals surface area contributed by atoms with Gasteiger partial charge in [-0.25, -0.2) is 8.42 Å². The van der Waals surface area contributed by atoms with Crippen molar-refractivity contribution in [3.63, 3.8) is 0 Å². The van der Waals surface area contributed by atoms with E-state index in [1.807, 2.05) is 14.0 Å². The summed E-state index contributed by atoms with van der Waals surface area (Å²) in [7, 11) is -1.63. The topological polar surface area (TPSA) is 58.6 Å². The van der Waals surface area contributed by atoms with E-state index in [0.717, 1.165) is 17.4 Å². The van der Waals surface area contributed by atoms with Crippen molar-refractivity contribution in [1.29, 1.82) is 0 Å². The molecule has 1 aromatic rings. The van der Waals surface area contributed by atoms with E-state index >= 15 is 0 Å². The van der Waals surface area contributed by atoms with Gasteiger partial charge < -0.3 is 10.1 Å². The molecular formula is C14H21BrN2O3S. The van der Waals surface area contributed by atoms with Gasteiger partial charge in [0.05, 0.1) is 6.61 Å². The van der Waals surface area contributed by atoms with Crippen molar-refractivity contribution in [3.8, 4) is 5.75 Å². The minimum Gasteiger partial charge on any atom is -0.492 e. The Bertz CT molecular complexity index is 592. The molecule has 2 rings (SSSR count). The third-order valence-corrected chi connectivity index (χ3v) is 5.94. The molecule has 0 saturated carbocycles. The minimum atomic E-state index is -3.51. The standard InChI is InChI=1S/C14H21BrN2O3S/c1-3-20-13-5-4-12(15)8-14(13)21(18,19)17-7-6-11(10-17)9-16-2/h4-5,8,11,16H,3,6-7,9-10H2,1-2H3. The second-order valence-corrected chi connectivity index (χ2v) is 7.92. The average Bonchev–Trinajstić information content (AvgIpc) is 2.91. The van der Waals surface area contributed by atoms with E-state index in [1.54, 1.807) is 22.5 Å². The van der Waals surface area contributed by atoms with Crippen molar-refractivity contribution in [1.82, 2.24) is 9.62 Å². The van der Waals surface area contributed by atoms with Crippen LogP contribution in [0.1, 0.15) is 13.3 Å². The first-order valence-electron chi connectivity index (χ1n) is 7.06. The van der Waals surface area contributed by atoms with Crippen molar-refractivity contribution >= 4 is 26.0 Å². The van der Waals surface area contributed by atoms with Crippen LogP contribution in [0.25, 0.3) is 0 Å². The summed E-state index contributed by atoms with van der Waals surface area (Å²) in [5.41, 5.74) is 0. The van der Waals surface area contributed by atoms with Gasteiger partial charge in [-0.3, -0.25) is 0 Å². The Morgan fingerprint density at radius 1 is 1.48 bits per heavy atom. The van der Waals surface area contributed by atoms with E-state index in [9.17, 15) is 8.42 Å². The lowest BCUT2D eigenvalue weighted by Gasteiger charge is -2.19. The van der Waals surface area contributed by atoms with Crippen LogP contribution in [0.2, 0.25) is 0 Å². The number of rotatable bonds is 6. The zero-order valence-electron chi connectivity index (χ0n) is 12.3. The van der Waals surface area contributed by atoms with Gasteiger partial charge in [0.15, 0.2) is 0 Å². The number of benzene rings is 1. The summed E-state index contributed by atoms with van der Waals surface area (Å²) in [6.45, 7) is 4.24. The maximum Gasteiger partial charge on any atom is 0.246 e. The normalized spacial score (nSPS) is 19.9. The fourth-order valence-electron chi connectivity index (χ4n) is 2.57. The minimum absolute atomic E-state index is 0.240. The molecule has 0 amide bonds. The highest BCUT2D eigenvalue weighted by molar-refractivity contribution is 9.10. The molecule has 1 fully saturated rings. The lowest BCUT2D eigenvalue weighted by Crippen LogP contribution is -2.30. The summed E-state index contributed by atoms with van der Waals surface area (Å²) in [5, 5.41) is 3.11. The molecule has 0 spiro atoms. The molecule has 1 heterocycles. The Morgan fingerprint density at radius 2 is 2.24 bits per heavy atom. The molecule has 1 aliphatic rings. The highest BCUT2D eigenvalue weighted by Crippen LogP contribution is 2.32. The maximum atomic E-state index is 12.8. The van der Waals surface area contributed by atoms with Gasteiger partial charge in [0.25, 0.3) is 0 Å². The first kappa shape index (κ1) is 16.7. The number of hydrogen-bond acceptors (Lipinski definition) is 4. The van der Waals surface area contributed by atoms with Crippen molar-refractivity contribution in [3.05, 3.63) is 22.7 Å². The van der Waals surface area contributed by atoms with Crippen LogP contribution in [-0.4, -0.2) is 46.0 Å². The van der Waals surface area contributed by atoms with Crippen LogP contribution in [0, 0.1) is 5.92 Å². The summed E-state index contributed by atoms with van der Waals surface area (Å²) in [4.78, 5) is 0.240. The van der Waals surface area contributed by atoms with Gasteiger partial charge in [0, 0.05) is 17.6 Å². The van der Waals surface area contributed by atoms with E-state index in [0.29, 0.717) is 31.4 Å². The van der Waals surface area contributed by atoms with Gasteiger partial charge in [-0.1, -0.05) is 15.9 Å². The average molecular weight is 377 g/mol. The molecular weight excluding hydrogens is 356 g/mol. The van der Waals surface area contributed by atoms with E-state index < -0.39 is 10.0 Å². The third-order valence-electron chi connectivity index (χ3n) is 3.56. The largest absolute Gasteiger partial charge is 0.492 e. The molecule has 1 aromatic carbocycles. The van der Waals surface area contributed by atoms with Crippen LogP contribution < -0.4 is 10.1 Å². The molecule has 1 unspecified atom stereocenters. The smallest absolute Gasteiger partial charge is 0.246 e. The van der Waals surface area contributed by atoms with Gasteiger partial charge in [0.2, 0.25) is 10.0 Å². The first-order valence-corrected chi connectivity index (χ1v) is 9.29. The molecule has 5 nitrogen and oxygen atoms in total. The predicted octanol–water partition coefficient (Wildman–Crippen LogP) is 2.08. The maximum absolute atomic E-state index is 12.8. The number of sulfonamides is 1. The number of nitrogens with zero attached hydrogens (tertiary/aromatic N) is 1. The molecule has 1 N–H and O–H groups in total. The second-order valence-electron chi connectivity index (χ2n) is 5.10. The van der Waals surface area contributed by atoms with Gasteiger partial charge in [-0.05, 0) is 51.1 Å². The lowest BCUT2D eigenvalue weighted by molar-refractivity contribution is 0.329. The van der Waals surface area contributed by atoms with Gasteiger partial charge in [-0.2, -0.15) is 4.31 Å². The van der Waals surface area contributed by atoms with Crippen LogP contribution in [0.3, 0.4) is 0 Å². The van der Waals surface area contributed by atoms with E-state index in [-0.39, 0.29) is 4.90 Å². The molecule has 1 atom stereocenters. The van der Waals surface area contributed by atoms with Crippen molar-refractivity contribution in [2.75, 3.05) is 33.3 Å². The summed E-state index contributed by atoms with van der Waals surface area (Å²) < 4.78 is 33.4. The second kappa shape index (κ2) is 7.09. The first-order chi connectivity index (χ1) is 9.98. The molecule has 21 heavy (non-hydrogen) atoms. The Hall–Kier alpha value is -0.630. The SMILES string of the molecule is CCOc1ccc(Br)cc1S(=O)(=O)N1CCC(CNC)C1. The van der Waals surface area contributed by atoms with Crippen LogP contribution in [0.5, 0.6) is 5.75 Å². The van der Waals surface area contributed by atoms with Crippen molar-refractivity contribution < 1.29 is 13.2 Å². The summed E-state index contributed by atoms with van der Waals surface area (Å²) in [6.07, 6.45) is 0.887. The fourth-order valence-corrected chi connectivity index (χ4v) is 4.77. The molecule has 0 radical (unpaired) electrons. The quantitative estimate of drug-likeness (QED) is 0.825. The number of ether oxygens (including phenoxy) is 1. The lowest BCUT2D eigenvalue weighted by atomic mass is 10.1. The van der Waals surface area contributed by atoms with E-state index in [2.05, 4.69) is 21.2 Å². The predicted molar refractivity (Wildman–Crippen MR) is 86.1 cm³/mol. The van der Waals surface area contributed by atoms with E-state index in [4.69, 9.17) is 4.74 Å². The molecule has 1 aliphatic heterocycles. The summed E-state index contributed by atoms with van der Waals surface area (Å²) in [6, 6.07) is 5.10. The Balaban J connectivity index is 2.29. The highest BCUT2D eigenvalue weighted by atomic mass is 79.9. The molecule has 0 bridgehead atoms. The van der Waals surface area contributed by atoms with Crippen molar-refractivity contribution in [2.24, 2.45) is 5.92 Å². The molecule has 0 aliphatic carbocycles. The number of nitrogens with one attached hydrogen (secondary N) is 1. The Kier molecular flexibility index (Phi) is 5.65. The Morgan fingerprint density at radius 3 is 2.90 bits per heavy atom. The molecule has 118 valence electrons. The molecule has 0 aromatic heterocycles. The van der Waals surface area contributed by atoms with Crippen LogP contribution >= 0.6 is 15.9 Å². The molecule has 7 heteroatoms.